The standard InChI is InChI=1S/C15H24N2O4/c1-6-17(10-11-8-7-9-21-11)13(20)16-15(4,5)14(2,3)12(18)19/h7-9H,6,10H2,1-5H3,(H,16,20)(H,18,19). The molecule has 1 aromatic heterocycles. The maximum atomic E-state index is 12.4. The van der Waals surface area contributed by atoms with Crippen molar-refractivity contribution in [2.75, 3.05) is 6.54 Å². The first-order valence-electron chi connectivity index (χ1n) is 6.94. The summed E-state index contributed by atoms with van der Waals surface area (Å²) in [4.78, 5) is 25.3. The molecule has 0 aliphatic rings. The Morgan fingerprint density at radius 3 is 2.38 bits per heavy atom. The van der Waals surface area contributed by atoms with Gasteiger partial charge in [0.05, 0.1) is 23.8 Å². The van der Waals surface area contributed by atoms with Gasteiger partial charge in [-0.2, -0.15) is 0 Å². The maximum absolute atomic E-state index is 12.4. The van der Waals surface area contributed by atoms with Crippen molar-refractivity contribution in [3.63, 3.8) is 0 Å². The summed E-state index contributed by atoms with van der Waals surface area (Å²) in [5, 5.41) is 12.1. The molecule has 2 amide bonds. The first kappa shape index (κ1) is 17.1. The van der Waals surface area contributed by atoms with Gasteiger partial charge >= 0.3 is 12.0 Å². The molecule has 6 heteroatoms. The van der Waals surface area contributed by atoms with E-state index in [1.54, 1.807) is 51.0 Å². The molecule has 6 nitrogen and oxygen atoms in total. The van der Waals surface area contributed by atoms with Crippen molar-refractivity contribution in [1.82, 2.24) is 10.2 Å². The number of aliphatic carboxylic acids is 1. The van der Waals surface area contributed by atoms with Crippen LogP contribution in [0.15, 0.2) is 22.8 Å². The maximum Gasteiger partial charge on any atom is 0.318 e. The fraction of sp³-hybridized carbons (Fsp3) is 0.600. The lowest BCUT2D eigenvalue weighted by molar-refractivity contribution is -0.150. The van der Waals surface area contributed by atoms with E-state index in [4.69, 9.17) is 4.42 Å². The Kier molecular flexibility index (Phi) is 5.04. The van der Waals surface area contributed by atoms with Crippen LogP contribution in [0.5, 0.6) is 0 Å². The Hall–Kier alpha value is -1.98. The van der Waals surface area contributed by atoms with Gasteiger partial charge in [0.1, 0.15) is 5.76 Å². The lowest BCUT2D eigenvalue weighted by Gasteiger charge is -2.40. The number of carbonyl (C=O) groups is 2. The number of carbonyl (C=O) groups excluding carboxylic acids is 1. The molecule has 0 fully saturated rings. The summed E-state index contributed by atoms with van der Waals surface area (Å²) >= 11 is 0. The van der Waals surface area contributed by atoms with Crippen LogP contribution in [0.2, 0.25) is 0 Å². The fourth-order valence-corrected chi connectivity index (χ4v) is 1.69. The highest BCUT2D eigenvalue weighted by Crippen LogP contribution is 2.30. The number of hydrogen-bond acceptors (Lipinski definition) is 3. The number of nitrogens with zero attached hydrogens (tertiary/aromatic N) is 1. The number of hydrogen-bond donors (Lipinski definition) is 2. The van der Waals surface area contributed by atoms with Gasteiger partial charge in [0.2, 0.25) is 0 Å². The largest absolute Gasteiger partial charge is 0.481 e. The van der Waals surface area contributed by atoms with Gasteiger partial charge in [0.25, 0.3) is 0 Å². The molecular weight excluding hydrogens is 272 g/mol. The molecule has 0 aliphatic carbocycles. The molecule has 1 rings (SSSR count). The molecule has 0 unspecified atom stereocenters. The zero-order valence-corrected chi connectivity index (χ0v) is 13.3. The third kappa shape index (κ3) is 3.77. The van der Waals surface area contributed by atoms with Gasteiger partial charge in [0.15, 0.2) is 0 Å². The molecule has 0 spiro atoms. The SMILES string of the molecule is CCN(Cc1ccco1)C(=O)NC(C)(C)C(C)(C)C(=O)O. The summed E-state index contributed by atoms with van der Waals surface area (Å²) in [5.41, 5.74) is -1.99. The fourth-order valence-electron chi connectivity index (χ4n) is 1.69. The van der Waals surface area contributed by atoms with Crippen molar-refractivity contribution in [2.24, 2.45) is 5.41 Å². The summed E-state index contributed by atoms with van der Waals surface area (Å²) in [7, 11) is 0. The molecule has 0 saturated carbocycles. The van der Waals surface area contributed by atoms with Crippen LogP contribution in [-0.2, 0) is 11.3 Å². The number of urea groups is 1. The van der Waals surface area contributed by atoms with Gasteiger partial charge in [-0.05, 0) is 46.8 Å². The van der Waals surface area contributed by atoms with Crippen LogP contribution in [0.25, 0.3) is 0 Å². The predicted molar refractivity (Wildman–Crippen MR) is 78.8 cm³/mol. The van der Waals surface area contributed by atoms with Crippen LogP contribution >= 0.6 is 0 Å². The number of nitrogens with one attached hydrogen (secondary N) is 1. The smallest absolute Gasteiger partial charge is 0.318 e. The Morgan fingerprint density at radius 1 is 1.33 bits per heavy atom. The first-order chi connectivity index (χ1) is 9.61. The van der Waals surface area contributed by atoms with Crippen molar-refractivity contribution >= 4 is 12.0 Å². The Labute approximate surface area is 125 Å². The van der Waals surface area contributed by atoms with Gasteiger partial charge < -0.3 is 19.7 Å². The lowest BCUT2D eigenvalue weighted by Crippen LogP contribution is -2.59. The van der Waals surface area contributed by atoms with E-state index in [0.29, 0.717) is 18.8 Å². The number of amides is 2. The zero-order chi connectivity index (χ0) is 16.3. The van der Waals surface area contributed by atoms with Gasteiger partial charge in [-0.3, -0.25) is 4.79 Å². The van der Waals surface area contributed by atoms with Crippen LogP contribution in [0.1, 0.15) is 40.4 Å². The molecule has 0 atom stereocenters. The average Bonchev–Trinajstić information content (AvgIpc) is 2.87. The monoisotopic (exact) mass is 296 g/mol. The number of rotatable bonds is 6. The van der Waals surface area contributed by atoms with E-state index in [0.717, 1.165) is 0 Å². The van der Waals surface area contributed by atoms with Crippen molar-refractivity contribution < 1.29 is 19.1 Å². The van der Waals surface area contributed by atoms with E-state index >= 15 is 0 Å². The predicted octanol–water partition coefficient (Wildman–Crippen LogP) is 2.70. The summed E-state index contributed by atoms with van der Waals surface area (Å²) in [6.45, 7) is 9.31. The first-order valence-corrected chi connectivity index (χ1v) is 6.94. The number of carboxylic acid groups (broad SMARTS) is 1. The second kappa shape index (κ2) is 6.20. The van der Waals surface area contributed by atoms with E-state index in [9.17, 15) is 14.7 Å². The minimum Gasteiger partial charge on any atom is -0.481 e. The van der Waals surface area contributed by atoms with Gasteiger partial charge in [0, 0.05) is 6.54 Å². The summed E-state index contributed by atoms with van der Waals surface area (Å²) in [5.74, 6) is -0.274. The minimum absolute atomic E-state index is 0.312. The highest BCUT2D eigenvalue weighted by molar-refractivity contribution is 5.79. The Morgan fingerprint density at radius 2 is 1.95 bits per heavy atom. The molecule has 0 saturated heterocycles. The van der Waals surface area contributed by atoms with Crippen LogP contribution in [-0.4, -0.2) is 34.1 Å². The van der Waals surface area contributed by atoms with Crippen LogP contribution < -0.4 is 5.32 Å². The molecule has 21 heavy (non-hydrogen) atoms. The van der Waals surface area contributed by atoms with E-state index in [1.807, 2.05) is 6.92 Å². The zero-order valence-electron chi connectivity index (χ0n) is 13.3. The molecule has 2 N–H and O–H groups in total. The molecule has 0 radical (unpaired) electrons. The van der Waals surface area contributed by atoms with Gasteiger partial charge in [-0.15, -0.1) is 0 Å². The van der Waals surface area contributed by atoms with E-state index < -0.39 is 16.9 Å². The second-order valence-electron chi connectivity index (χ2n) is 6.08. The molecule has 0 aromatic carbocycles. The minimum atomic E-state index is -1.09. The topological polar surface area (TPSA) is 82.8 Å². The van der Waals surface area contributed by atoms with E-state index in [-0.39, 0.29) is 6.03 Å². The van der Waals surface area contributed by atoms with Crippen LogP contribution in [0.3, 0.4) is 0 Å². The highest BCUT2D eigenvalue weighted by Gasteiger charge is 2.44. The molecule has 0 bridgehead atoms. The molecule has 118 valence electrons. The number of furan rings is 1. The lowest BCUT2D eigenvalue weighted by atomic mass is 9.74. The van der Waals surface area contributed by atoms with E-state index in [1.165, 1.54) is 0 Å². The molecule has 0 aliphatic heterocycles. The van der Waals surface area contributed by atoms with Gasteiger partial charge in [-0.25, -0.2) is 4.79 Å². The quantitative estimate of drug-likeness (QED) is 0.845. The van der Waals surface area contributed by atoms with E-state index in [2.05, 4.69) is 5.32 Å². The molecular formula is C15H24N2O4. The summed E-state index contributed by atoms with van der Waals surface area (Å²) in [6, 6.07) is 3.24. The van der Waals surface area contributed by atoms with Crippen LogP contribution in [0, 0.1) is 5.41 Å². The van der Waals surface area contributed by atoms with Crippen molar-refractivity contribution in [3.8, 4) is 0 Å². The van der Waals surface area contributed by atoms with Crippen LogP contribution in [0.4, 0.5) is 4.79 Å². The normalized spacial score (nSPS) is 12.0. The van der Waals surface area contributed by atoms with Gasteiger partial charge in [-0.1, -0.05) is 0 Å². The Bertz CT molecular complexity index is 492. The Balaban J connectivity index is 2.80. The molecule has 1 heterocycles. The number of carboxylic acids is 1. The summed E-state index contributed by atoms with van der Waals surface area (Å²) in [6.07, 6.45) is 1.55. The van der Waals surface area contributed by atoms with Crippen molar-refractivity contribution in [1.29, 1.82) is 0 Å². The second-order valence-corrected chi connectivity index (χ2v) is 6.08. The average molecular weight is 296 g/mol. The third-order valence-electron chi connectivity index (χ3n) is 4.11. The van der Waals surface area contributed by atoms with Crippen molar-refractivity contribution in [2.45, 2.75) is 46.7 Å². The van der Waals surface area contributed by atoms with Crippen molar-refractivity contribution in [3.05, 3.63) is 24.2 Å². The molecule has 1 aromatic rings. The third-order valence-corrected chi connectivity index (χ3v) is 4.11. The highest BCUT2D eigenvalue weighted by atomic mass is 16.4. The summed E-state index contributed by atoms with van der Waals surface area (Å²) < 4.78 is 5.24.